The van der Waals surface area contributed by atoms with E-state index in [4.69, 9.17) is 14.2 Å². The van der Waals surface area contributed by atoms with Crippen LogP contribution in [0.1, 0.15) is 45.7 Å². The molecule has 2 aliphatic rings. The van der Waals surface area contributed by atoms with Crippen molar-refractivity contribution in [2.75, 3.05) is 24.7 Å². The average Bonchev–Trinajstić information content (AvgIpc) is 3.15. The molecule has 2 heterocycles. The first-order valence-electron chi connectivity index (χ1n) is 16.8. The van der Waals surface area contributed by atoms with Crippen LogP contribution in [0.5, 0.6) is 17.2 Å². The van der Waals surface area contributed by atoms with E-state index in [1.165, 1.54) is 4.90 Å². The number of ether oxygens (including phenoxy) is 3. The molecule has 0 bridgehead atoms. The Bertz CT molecular complexity index is 2200. The molecule has 0 N–H and O–H groups in total. The lowest BCUT2D eigenvalue weighted by Crippen LogP contribution is -2.61. The van der Waals surface area contributed by atoms with E-state index in [9.17, 15) is 14.4 Å². The van der Waals surface area contributed by atoms with E-state index in [-0.39, 0.29) is 30.3 Å². The van der Waals surface area contributed by atoms with Crippen molar-refractivity contribution in [3.63, 3.8) is 0 Å². The van der Waals surface area contributed by atoms with E-state index < -0.39 is 6.10 Å². The minimum atomic E-state index is -0.718. The summed E-state index contributed by atoms with van der Waals surface area (Å²) in [6, 6.07) is 39.7. The summed E-state index contributed by atoms with van der Waals surface area (Å²) >= 11 is 0. The second kappa shape index (κ2) is 13.0. The fourth-order valence-corrected chi connectivity index (χ4v) is 6.90. The molecule has 3 amide bonds. The first-order chi connectivity index (χ1) is 24.5. The number of benzene rings is 6. The van der Waals surface area contributed by atoms with Crippen molar-refractivity contribution in [2.45, 2.75) is 25.5 Å². The van der Waals surface area contributed by atoms with Gasteiger partial charge in [0.2, 0.25) is 6.10 Å². The van der Waals surface area contributed by atoms with Gasteiger partial charge in [-0.2, -0.15) is 0 Å². The summed E-state index contributed by atoms with van der Waals surface area (Å²) in [6.07, 6.45) is -0.244. The molecule has 0 aromatic heterocycles. The van der Waals surface area contributed by atoms with Gasteiger partial charge >= 0.3 is 0 Å². The molecule has 8 rings (SSSR count). The molecule has 1 fully saturated rings. The van der Waals surface area contributed by atoms with Crippen LogP contribution in [0.15, 0.2) is 127 Å². The highest BCUT2D eigenvalue weighted by atomic mass is 16.5. The van der Waals surface area contributed by atoms with E-state index >= 15 is 0 Å². The van der Waals surface area contributed by atoms with Crippen molar-refractivity contribution in [1.29, 1.82) is 0 Å². The standard InChI is InChI=1S/C42H34N2O6/c1-2-48-32-22-17-31(18-23-32)44-38(39(42(44)47)50-34-21-14-27-8-3-4-9-30(27)26-34)29-15-19-33(20-16-29)49-25-7-24-43-40(45)35-12-5-10-28-11-6-13-36(37(28)35)41(43)46/h3-6,8-23,26,38-39H,2,7,24-25H2,1H3. The van der Waals surface area contributed by atoms with Crippen LogP contribution in [-0.4, -0.2) is 48.5 Å². The van der Waals surface area contributed by atoms with Crippen molar-refractivity contribution in [2.24, 2.45) is 0 Å². The number of hydrogen-bond acceptors (Lipinski definition) is 6. The summed E-state index contributed by atoms with van der Waals surface area (Å²) in [4.78, 5) is 43.2. The maximum Gasteiger partial charge on any atom is 0.271 e. The Kier molecular flexibility index (Phi) is 8.12. The van der Waals surface area contributed by atoms with Crippen LogP contribution in [-0.2, 0) is 4.79 Å². The molecule has 1 saturated heterocycles. The number of fused-ring (bicyclic) bond motifs is 1. The van der Waals surface area contributed by atoms with E-state index in [2.05, 4.69) is 0 Å². The summed E-state index contributed by atoms with van der Waals surface area (Å²) in [5.74, 6) is 1.32. The maximum absolute atomic E-state index is 13.7. The molecule has 2 atom stereocenters. The normalized spacial score (nSPS) is 16.9. The average molecular weight is 663 g/mol. The SMILES string of the molecule is CCOc1ccc(N2C(=O)C(Oc3ccc4ccccc4c3)C2c2ccc(OCCCN3C(=O)c4cccc5cccc(c45)C3=O)cc2)cc1. The number of amides is 3. The first-order valence-corrected chi connectivity index (χ1v) is 16.8. The highest BCUT2D eigenvalue weighted by Crippen LogP contribution is 2.42. The van der Waals surface area contributed by atoms with Gasteiger partial charge in [-0.1, -0.05) is 66.7 Å². The molecule has 0 spiro atoms. The van der Waals surface area contributed by atoms with Crippen molar-refractivity contribution in [3.8, 4) is 17.2 Å². The number of hydrogen-bond donors (Lipinski definition) is 0. The Morgan fingerprint density at radius 1 is 0.620 bits per heavy atom. The maximum atomic E-state index is 13.7. The number of anilines is 1. The van der Waals surface area contributed by atoms with Crippen LogP contribution < -0.4 is 19.1 Å². The Hall–Kier alpha value is -6.15. The number of β-lactam (4-membered cyclic amide) rings is 1. The monoisotopic (exact) mass is 662 g/mol. The van der Waals surface area contributed by atoms with Crippen LogP contribution in [0, 0.1) is 0 Å². The van der Waals surface area contributed by atoms with Crippen molar-refractivity contribution in [3.05, 3.63) is 144 Å². The second-order valence-electron chi connectivity index (χ2n) is 12.4. The Morgan fingerprint density at radius 2 is 1.24 bits per heavy atom. The largest absolute Gasteiger partial charge is 0.494 e. The summed E-state index contributed by atoms with van der Waals surface area (Å²) in [6.45, 7) is 3.05. The van der Waals surface area contributed by atoms with Crippen molar-refractivity contribution >= 4 is 45.0 Å². The van der Waals surface area contributed by atoms with Gasteiger partial charge in [0.15, 0.2) is 0 Å². The number of carbonyl (C=O) groups excluding carboxylic acids is 3. The molecular formula is C42H34N2O6. The van der Waals surface area contributed by atoms with E-state index in [1.54, 1.807) is 17.0 Å². The van der Waals surface area contributed by atoms with Gasteiger partial charge in [0.05, 0.1) is 13.2 Å². The van der Waals surface area contributed by atoms with Crippen LogP contribution in [0.25, 0.3) is 21.5 Å². The molecule has 2 aliphatic heterocycles. The van der Waals surface area contributed by atoms with Gasteiger partial charge in [0.1, 0.15) is 23.3 Å². The van der Waals surface area contributed by atoms with Gasteiger partial charge in [-0.15, -0.1) is 0 Å². The third-order valence-corrected chi connectivity index (χ3v) is 9.33. The Balaban J connectivity index is 0.962. The van der Waals surface area contributed by atoms with Gasteiger partial charge in [0.25, 0.3) is 17.7 Å². The molecule has 248 valence electrons. The van der Waals surface area contributed by atoms with Gasteiger partial charge in [-0.25, -0.2) is 0 Å². The highest BCUT2D eigenvalue weighted by Gasteiger charge is 2.51. The number of rotatable bonds is 11. The Morgan fingerprint density at radius 3 is 1.94 bits per heavy atom. The zero-order valence-electron chi connectivity index (χ0n) is 27.5. The zero-order chi connectivity index (χ0) is 34.2. The molecule has 2 unspecified atom stereocenters. The third-order valence-electron chi connectivity index (χ3n) is 9.33. The molecule has 0 radical (unpaired) electrons. The molecule has 6 aromatic carbocycles. The number of imide groups is 1. The van der Waals surface area contributed by atoms with Crippen LogP contribution in [0.2, 0.25) is 0 Å². The van der Waals surface area contributed by atoms with Crippen molar-refractivity contribution < 1.29 is 28.6 Å². The van der Waals surface area contributed by atoms with Crippen LogP contribution in [0.4, 0.5) is 5.69 Å². The van der Waals surface area contributed by atoms with Gasteiger partial charge in [-0.3, -0.25) is 24.2 Å². The van der Waals surface area contributed by atoms with Crippen LogP contribution in [0.3, 0.4) is 0 Å². The smallest absolute Gasteiger partial charge is 0.271 e. The summed E-state index contributed by atoms with van der Waals surface area (Å²) in [5, 5.41) is 3.74. The minimum Gasteiger partial charge on any atom is -0.494 e. The second-order valence-corrected chi connectivity index (χ2v) is 12.4. The third kappa shape index (κ3) is 5.58. The molecule has 6 aromatic rings. The molecule has 0 saturated carbocycles. The molecule has 0 aliphatic carbocycles. The lowest BCUT2D eigenvalue weighted by Gasteiger charge is -2.46. The fourth-order valence-electron chi connectivity index (χ4n) is 6.90. The molecule has 50 heavy (non-hydrogen) atoms. The summed E-state index contributed by atoms with van der Waals surface area (Å²) < 4.78 is 18.0. The highest BCUT2D eigenvalue weighted by molar-refractivity contribution is 6.25. The summed E-state index contributed by atoms with van der Waals surface area (Å²) in [5.41, 5.74) is 2.74. The number of carbonyl (C=O) groups is 3. The minimum absolute atomic E-state index is 0.131. The predicted molar refractivity (Wildman–Crippen MR) is 192 cm³/mol. The Labute approximate surface area is 289 Å². The predicted octanol–water partition coefficient (Wildman–Crippen LogP) is 7.99. The van der Waals surface area contributed by atoms with Crippen molar-refractivity contribution in [1.82, 2.24) is 4.90 Å². The molecule has 8 nitrogen and oxygen atoms in total. The van der Waals surface area contributed by atoms with E-state index in [0.29, 0.717) is 42.3 Å². The van der Waals surface area contributed by atoms with E-state index in [0.717, 1.165) is 38.5 Å². The molecule has 8 heteroatoms. The first kappa shape index (κ1) is 31.1. The quantitative estimate of drug-likeness (QED) is 0.0795. The topological polar surface area (TPSA) is 85.4 Å². The van der Waals surface area contributed by atoms with Gasteiger partial charge in [0, 0.05) is 28.7 Å². The van der Waals surface area contributed by atoms with Gasteiger partial charge in [-0.05, 0) is 95.7 Å². The summed E-state index contributed by atoms with van der Waals surface area (Å²) in [7, 11) is 0. The lowest BCUT2D eigenvalue weighted by molar-refractivity contribution is -0.135. The van der Waals surface area contributed by atoms with Crippen LogP contribution >= 0.6 is 0 Å². The molecular weight excluding hydrogens is 628 g/mol. The zero-order valence-corrected chi connectivity index (χ0v) is 27.5. The van der Waals surface area contributed by atoms with E-state index in [1.807, 2.05) is 122 Å². The number of nitrogens with zero attached hydrogens (tertiary/aromatic N) is 2. The lowest BCUT2D eigenvalue weighted by atomic mass is 9.89. The fraction of sp³-hybridized carbons (Fsp3) is 0.167. The van der Waals surface area contributed by atoms with Gasteiger partial charge < -0.3 is 14.2 Å².